The number of carbonyl (C=O) groups excluding carboxylic acids is 5. The second-order valence-electron chi connectivity index (χ2n) is 18.4. The molecule has 370 valence electrons. The van der Waals surface area contributed by atoms with Crippen molar-refractivity contribution in [1.82, 2.24) is 40.0 Å². The Balaban J connectivity index is 0.946. The number of carbonyl (C=O) groups is 5. The van der Waals surface area contributed by atoms with Crippen LogP contribution < -0.4 is 26.1 Å². The van der Waals surface area contributed by atoms with Gasteiger partial charge in [0.15, 0.2) is 11.5 Å². The minimum atomic E-state index is -0.976. The smallest absolute Gasteiger partial charge is 0.355 e. The fourth-order valence-corrected chi connectivity index (χ4v) is 9.79. The summed E-state index contributed by atoms with van der Waals surface area (Å²) in [5.41, 5.74) is 1.99. The van der Waals surface area contributed by atoms with Gasteiger partial charge in [-0.05, 0) is 91.4 Å². The Morgan fingerprint density at radius 3 is 2.49 bits per heavy atom. The van der Waals surface area contributed by atoms with Crippen molar-refractivity contribution in [2.45, 2.75) is 71.6 Å². The highest BCUT2D eigenvalue weighted by molar-refractivity contribution is 6.31. The molecule has 3 aromatic carbocycles. The van der Waals surface area contributed by atoms with E-state index in [1.54, 1.807) is 71.5 Å². The monoisotopic (exact) mass is 998 g/mol. The number of rotatable bonds is 11. The molecule has 0 spiro atoms. The number of nitrogens with one attached hydrogen (secondary N) is 2. The number of fused-ring (bicyclic) bond motifs is 2. The Morgan fingerprint density at radius 1 is 0.986 bits per heavy atom. The Bertz CT molecular complexity index is 3310. The van der Waals surface area contributed by atoms with E-state index >= 15 is 8.78 Å². The molecule has 3 N–H and O–H groups in total. The van der Waals surface area contributed by atoms with Crippen LogP contribution >= 0.6 is 11.6 Å². The molecular weight excluding hydrogens is 950 g/mol. The van der Waals surface area contributed by atoms with Gasteiger partial charge in [-0.2, -0.15) is 4.98 Å². The van der Waals surface area contributed by atoms with E-state index in [2.05, 4.69) is 32.2 Å². The molecule has 17 nitrogen and oxygen atoms in total. The number of imide groups is 1. The molecule has 6 amide bonds. The molecule has 2 atom stereocenters. The van der Waals surface area contributed by atoms with Gasteiger partial charge in [0, 0.05) is 73.2 Å². The first-order valence-electron chi connectivity index (χ1n) is 23.3. The van der Waals surface area contributed by atoms with Gasteiger partial charge in [0.1, 0.15) is 29.1 Å². The number of phenols is 1. The van der Waals surface area contributed by atoms with Crippen molar-refractivity contribution >= 4 is 63.8 Å². The number of phenolic OH excluding ortho intramolecular Hbond substituents is 1. The number of benzene rings is 3. The van der Waals surface area contributed by atoms with Crippen molar-refractivity contribution in [2.24, 2.45) is 0 Å². The zero-order chi connectivity index (χ0) is 51.3. The molecule has 3 aliphatic heterocycles. The maximum absolute atomic E-state index is 16.4. The van der Waals surface area contributed by atoms with E-state index < -0.39 is 64.3 Å². The zero-order valence-electron chi connectivity index (χ0n) is 39.7. The van der Waals surface area contributed by atoms with Gasteiger partial charge in [-0.25, -0.2) is 27.9 Å². The first-order valence-corrected chi connectivity index (χ1v) is 23.7. The van der Waals surface area contributed by atoms with Crippen LogP contribution in [-0.2, 0) is 27.5 Å². The number of urea groups is 1. The van der Waals surface area contributed by atoms with Crippen LogP contribution in [0.25, 0.3) is 28.0 Å². The summed E-state index contributed by atoms with van der Waals surface area (Å²) in [6.07, 6.45) is 1.97. The molecular formula is C52H49ClF2N10O7. The van der Waals surface area contributed by atoms with Crippen molar-refractivity contribution in [3.8, 4) is 22.7 Å². The summed E-state index contributed by atoms with van der Waals surface area (Å²) in [6, 6.07) is 16.2. The standard InChI is InChI=1S/C52H49ClF2N10O7/c1-27(2)43-45(28(3)16-17-56-43)65-47-36(22-38(55)44(59-47)42-37(54)10-7-11-40(42)66)46(60-52(65)72)62-19-18-61(25-30(62)5)49(69)29(4)24-63(34-9-6-8-33(53)21-34)51(71)57-23-31-12-13-35-32(20-31)26-64(50(35)70)39-14-15-41(67)58-48(39)68/h6-13,16-17,20-22,27,30,39,66H,4,14-15,18-19,23-26H2,1-3,5H3,(H,57,71)(H,58,67,68)/t30-,39?/m0/s1. The van der Waals surface area contributed by atoms with E-state index in [1.807, 2.05) is 20.8 Å². The summed E-state index contributed by atoms with van der Waals surface area (Å²) in [5.74, 6) is -4.20. The van der Waals surface area contributed by atoms with Crippen LogP contribution in [0.3, 0.4) is 0 Å². The molecule has 3 aliphatic rings. The van der Waals surface area contributed by atoms with Crippen LogP contribution in [0.2, 0.25) is 5.02 Å². The highest BCUT2D eigenvalue weighted by Crippen LogP contribution is 2.37. The van der Waals surface area contributed by atoms with Crippen LogP contribution in [0.15, 0.2) is 95.9 Å². The third kappa shape index (κ3) is 9.22. The molecule has 6 heterocycles. The highest BCUT2D eigenvalue weighted by atomic mass is 35.5. The molecule has 1 unspecified atom stereocenters. The Hall–Kier alpha value is -8.06. The van der Waals surface area contributed by atoms with E-state index in [4.69, 9.17) is 11.6 Å². The van der Waals surface area contributed by atoms with E-state index in [9.17, 15) is 33.9 Å². The largest absolute Gasteiger partial charge is 0.507 e. The fourth-order valence-electron chi connectivity index (χ4n) is 9.61. The lowest BCUT2D eigenvalue weighted by molar-refractivity contribution is -0.137. The second kappa shape index (κ2) is 19.6. The number of amides is 6. The number of pyridine rings is 2. The number of hydrogen-bond donors (Lipinski definition) is 3. The van der Waals surface area contributed by atoms with Gasteiger partial charge in [0.25, 0.3) is 11.8 Å². The predicted molar refractivity (Wildman–Crippen MR) is 265 cm³/mol. The van der Waals surface area contributed by atoms with Gasteiger partial charge < -0.3 is 25.1 Å². The van der Waals surface area contributed by atoms with Crippen molar-refractivity contribution in [2.75, 3.05) is 36.0 Å². The fraction of sp³-hybridized carbons (Fsp3) is 0.288. The number of aromatic hydroxyl groups is 1. The molecule has 2 saturated heterocycles. The summed E-state index contributed by atoms with van der Waals surface area (Å²) in [4.78, 5) is 100. The molecule has 3 aromatic heterocycles. The summed E-state index contributed by atoms with van der Waals surface area (Å²) >= 11 is 6.37. The SMILES string of the molecule is C=C(CN(C(=O)NCc1ccc2c(c1)CN(C1CCC(=O)NC1=O)C2=O)c1cccc(Cl)c1)C(=O)N1CCN(c2nc(=O)n(-c3c(C)ccnc3C(C)C)c3nc(-c4c(O)cccc4F)c(F)cc23)[C@@H](C)C1. The number of aromatic nitrogens is 4. The van der Waals surface area contributed by atoms with E-state index in [0.717, 1.165) is 12.1 Å². The summed E-state index contributed by atoms with van der Waals surface area (Å²) in [7, 11) is 0. The van der Waals surface area contributed by atoms with Crippen LogP contribution in [0.5, 0.6) is 5.75 Å². The molecule has 2 fully saturated rings. The molecule has 0 radical (unpaired) electrons. The molecule has 0 bridgehead atoms. The molecule has 20 heteroatoms. The van der Waals surface area contributed by atoms with Gasteiger partial charge in [0.05, 0.1) is 28.9 Å². The number of halogens is 3. The lowest BCUT2D eigenvalue weighted by Crippen LogP contribution is -2.55. The normalized spacial score (nSPS) is 16.8. The third-order valence-corrected chi connectivity index (χ3v) is 13.4. The Labute approximate surface area is 416 Å². The summed E-state index contributed by atoms with van der Waals surface area (Å²) in [5, 5.41) is 16.4. The molecule has 72 heavy (non-hydrogen) atoms. The number of hydrogen-bond acceptors (Lipinski definition) is 11. The first kappa shape index (κ1) is 48.9. The topological polar surface area (TPSA) is 203 Å². The van der Waals surface area contributed by atoms with Crippen molar-refractivity contribution in [1.29, 1.82) is 0 Å². The van der Waals surface area contributed by atoms with Gasteiger partial charge in [-0.3, -0.25) is 34.4 Å². The molecule has 9 rings (SSSR count). The highest BCUT2D eigenvalue weighted by Gasteiger charge is 2.39. The lowest BCUT2D eigenvalue weighted by Gasteiger charge is -2.41. The van der Waals surface area contributed by atoms with Crippen LogP contribution in [-0.4, -0.2) is 102 Å². The second-order valence-corrected chi connectivity index (χ2v) is 18.8. The first-order chi connectivity index (χ1) is 34.4. The number of piperazine rings is 1. The molecule has 6 aromatic rings. The van der Waals surface area contributed by atoms with Crippen molar-refractivity contribution in [3.63, 3.8) is 0 Å². The Morgan fingerprint density at radius 2 is 1.76 bits per heavy atom. The van der Waals surface area contributed by atoms with Crippen LogP contribution in [0.1, 0.15) is 72.3 Å². The van der Waals surface area contributed by atoms with Gasteiger partial charge in [0.2, 0.25) is 11.8 Å². The quantitative estimate of drug-likeness (QED) is 0.0923. The number of piperidine rings is 1. The van der Waals surface area contributed by atoms with Crippen molar-refractivity contribution in [3.05, 3.63) is 146 Å². The molecule has 0 saturated carbocycles. The number of aryl methyl sites for hydroxylation is 1. The number of nitrogens with zero attached hydrogens (tertiary/aromatic N) is 8. The maximum Gasteiger partial charge on any atom is 0.355 e. The predicted octanol–water partition coefficient (Wildman–Crippen LogP) is 6.68. The van der Waals surface area contributed by atoms with Crippen LogP contribution in [0, 0.1) is 18.6 Å². The third-order valence-electron chi connectivity index (χ3n) is 13.2. The van der Waals surface area contributed by atoms with E-state index in [-0.39, 0.29) is 92.3 Å². The van der Waals surface area contributed by atoms with Gasteiger partial charge in [-0.15, -0.1) is 0 Å². The average molecular weight is 999 g/mol. The van der Waals surface area contributed by atoms with E-state index in [1.165, 1.54) is 26.5 Å². The van der Waals surface area contributed by atoms with Gasteiger partial charge in [-0.1, -0.05) is 56.3 Å². The maximum atomic E-state index is 16.4. The van der Waals surface area contributed by atoms with Crippen molar-refractivity contribution < 1.29 is 37.9 Å². The van der Waals surface area contributed by atoms with Gasteiger partial charge >= 0.3 is 11.7 Å². The van der Waals surface area contributed by atoms with E-state index in [0.29, 0.717) is 44.3 Å². The minimum Gasteiger partial charge on any atom is -0.507 e. The minimum absolute atomic E-state index is 0.0377. The zero-order valence-corrected chi connectivity index (χ0v) is 40.5. The Kier molecular flexibility index (Phi) is 13.3. The summed E-state index contributed by atoms with van der Waals surface area (Å²) in [6.45, 7) is 11.8. The molecule has 0 aliphatic carbocycles. The van der Waals surface area contributed by atoms with Crippen LogP contribution in [0.4, 0.5) is 25.1 Å². The summed E-state index contributed by atoms with van der Waals surface area (Å²) < 4.78 is 32.9. The number of anilines is 2. The average Bonchev–Trinajstić information content (AvgIpc) is 3.66. The lowest BCUT2D eigenvalue weighted by atomic mass is 10.0.